The molecule has 0 bridgehead atoms. The van der Waals surface area contributed by atoms with E-state index in [2.05, 4.69) is 0 Å². The standard InChI is InChI=1S/2C8H3F5O5S.Mg/c2*9-2-1(7(8(14)15)19(16,17)18)3(10)5(12)6(13)4(2)11;/h2*7H,(H,14,15)(H,16,17,18);/q;;+2/p-2. The second kappa shape index (κ2) is 12.6. The van der Waals surface area contributed by atoms with Crippen LogP contribution in [0.5, 0.6) is 0 Å². The molecule has 0 spiro atoms. The van der Waals surface area contributed by atoms with Gasteiger partial charge in [0.05, 0.1) is 23.1 Å². The van der Waals surface area contributed by atoms with Crippen LogP contribution >= 0.6 is 0 Å². The maximum atomic E-state index is 13.2. The molecule has 0 saturated carbocycles. The van der Waals surface area contributed by atoms with E-state index in [1.165, 1.54) is 0 Å². The summed E-state index contributed by atoms with van der Waals surface area (Å²) in [5.74, 6) is -31.7. The molecule has 0 fully saturated rings. The van der Waals surface area contributed by atoms with Gasteiger partial charge in [0.1, 0.15) is 0 Å². The molecule has 0 radical (unpaired) electrons. The second-order valence-corrected chi connectivity index (χ2v) is 9.40. The minimum Gasteiger partial charge on any atom is -0.548 e. The van der Waals surface area contributed by atoms with Gasteiger partial charge in [0.25, 0.3) is 20.2 Å². The molecule has 0 aromatic heterocycles. The minimum absolute atomic E-state index is 0. The van der Waals surface area contributed by atoms with Crippen molar-refractivity contribution in [3.8, 4) is 0 Å². The molecule has 2 N–H and O–H groups in total. The number of benzene rings is 2. The van der Waals surface area contributed by atoms with Crippen molar-refractivity contribution in [2.75, 3.05) is 0 Å². The van der Waals surface area contributed by atoms with E-state index < -0.39 is 112 Å². The number of hydrogen-bond acceptors (Lipinski definition) is 8. The van der Waals surface area contributed by atoms with Crippen molar-refractivity contribution in [1.29, 1.82) is 0 Å². The van der Waals surface area contributed by atoms with Crippen LogP contribution in [0.4, 0.5) is 43.9 Å². The first-order valence-corrected chi connectivity index (χ1v) is 11.4. The monoisotopic (exact) mass is 634 g/mol. The first-order chi connectivity index (χ1) is 17.0. The van der Waals surface area contributed by atoms with Gasteiger partial charge in [-0.3, -0.25) is 9.11 Å². The van der Waals surface area contributed by atoms with Gasteiger partial charge in [0.15, 0.2) is 57.0 Å². The molecule has 2 unspecified atom stereocenters. The van der Waals surface area contributed by atoms with Crippen molar-refractivity contribution in [3.05, 3.63) is 69.3 Å². The fourth-order valence-corrected chi connectivity index (χ4v) is 3.98. The molecule has 0 amide bonds. The zero-order chi connectivity index (χ0) is 30.2. The summed E-state index contributed by atoms with van der Waals surface area (Å²) in [5.41, 5.74) is -4.45. The first kappa shape index (κ1) is 36.3. The Hall–Kier alpha value is -2.73. The van der Waals surface area contributed by atoms with Gasteiger partial charge in [-0.2, -0.15) is 16.8 Å². The van der Waals surface area contributed by atoms with Crippen LogP contribution < -0.4 is 10.2 Å². The second-order valence-electron chi connectivity index (χ2n) is 6.40. The van der Waals surface area contributed by atoms with Crippen molar-refractivity contribution in [3.63, 3.8) is 0 Å². The average molecular weight is 635 g/mol. The fraction of sp³-hybridized carbons (Fsp3) is 0.125. The molecule has 0 saturated heterocycles. The van der Waals surface area contributed by atoms with Crippen molar-refractivity contribution in [1.82, 2.24) is 0 Å². The number of aliphatic carboxylic acids is 2. The Balaban J connectivity index is 0.000000722. The van der Waals surface area contributed by atoms with Crippen LogP contribution in [0.1, 0.15) is 21.6 Å². The Morgan fingerprint density at radius 2 is 0.641 bits per heavy atom. The Kier molecular flexibility index (Phi) is 11.7. The van der Waals surface area contributed by atoms with Gasteiger partial charge in [-0.1, -0.05) is 0 Å². The Labute approximate surface area is 224 Å². The van der Waals surface area contributed by atoms with Gasteiger partial charge in [0.2, 0.25) is 11.6 Å². The third-order valence-electron chi connectivity index (χ3n) is 4.04. The molecule has 39 heavy (non-hydrogen) atoms. The molecule has 2 aromatic rings. The van der Waals surface area contributed by atoms with Crippen LogP contribution in [-0.4, -0.2) is 60.9 Å². The molecule has 0 heterocycles. The van der Waals surface area contributed by atoms with Crippen LogP contribution in [0.2, 0.25) is 0 Å². The Morgan fingerprint density at radius 1 is 0.487 bits per heavy atom. The Morgan fingerprint density at radius 3 is 0.769 bits per heavy atom. The van der Waals surface area contributed by atoms with Crippen LogP contribution in [-0.2, 0) is 29.8 Å². The summed E-state index contributed by atoms with van der Waals surface area (Å²) < 4.78 is 189. The molecule has 2 aromatic carbocycles. The largest absolute Gasteiger partial charge is 2.00 e. The maximum absolute atomic E-state index is 13.2. The van der Waals surface area contributed by atoms with Gasteiger partial charge in [-0.25, -0.2) is 43.9 Å². The maximum Gasteiger partial charge on any atom is 2.00 e. The number of hydrogen-bond donors (Lipinski definition) is 2. The van der Waals surface area contributed by atoms with Gasteiger partial charge in [0, 0.05) is 0 Å². The molecule has 0 aliphatic rings. The molecular weight excluding hydrogens is 631 g/mol. The average Bonchev–Trinajstić information content (AvgIpc) is 2.77. The number of carboxylic acid groups (broad SMARTS) is 2. The van der Waals surface area contributed by atoms with Crippen molar-refractivity contribution < 1.29 is 89.6 Å². The van der Waals surface area contributed by atoms with E-state index >= 15 is 0 Å². The van der Waals surface area contributed by atoms with E-state index in [1.54, 1.807) is 0 Å². The topological polar surface area (TPSA) is 189 Å². The van der Waals surface area contributed by atoms with E-state index in [0.717, 1.165) is 0 Å². The molecular formula is C16H4F10MgO10S2. The Bertz CT molecular complexity index is 1380. The van der Waals surface area contributed by atoms with Crippen molar-refractivity contribution in [2.24, 2.45) is 0 Å². The molecule has 212 valence electrons. The molecule has 23 heteroatoms. The number of rotatable bonds is 6. The molecule has 10 nitrogen and oxygen atoms in total. The van der Waals surface area contributed by atoms with Crippen LogP contribution in [0.15, 0.2) is 0 Å². The number of carbonyl (C=O) groups excluding carboxylic acids is 2. The van der Waals surface area contributed by atoms with Crippen molar-refractivity contribution >= 4 is 55.2 Å². The molecule has 2 rings (SSSR count). The van der Waals surface area contributed by atoms with Gasteiger partial charge < -0.3 is 19.8 Å². The molecule has 2 atom stereocenters. The summed E-state index contributed by atoms with van der Waals surface area (Å²) in [4.78, 5) is 20.9. The zero-order valence-electron chi connectivity index (χ0n) is 17.6. The van der Waals surface area contributed by atoms with Crippen molar-refractivity contribution in [2.45, 2.75) is 10.5 Å². The SMILES string of the molecule is O=C([O-])C(c1c(F)c(F)c(F)c(F)c1F)S(=O)(=O)O.O=C([O-])C(c1c(F)c(F)c(F)c(F)c1F)S(=O)(=O)O.[Mg+2]. The number of carboxylic acids is 2. The quantitative estimate of drug-likeness (QED) is 0.141. The third kappa shape index (κ3) is 7.27. The van der Waals surface area contributed by atoms with E-state index in [1.807, 2.05) is 0 Å². The normalized spacial score (nSPS) is 13.0. The smallest absolute Gasteiger partial charge is 0.548 e. The summed E-state index contributed by atoms with van der Waals surface area (Å²) in [5, 5.41) is 14.0. The first-order valence-electron chi connectivity index (χ1n) is 8.36. The third-order valence-corrected chi connectivity index (χ3v) is 6.08. The van der Waals surface area contributed by atoms with E-state index in [0.29, 0.717) is 0 Å². The summed E-state index contributed by atoms with van der Waals surface area (Å²) in [6, 6.07) is 0. The van der Waals surface area contributed by atoms with Crippen LogP contribution in [0.3, 0.4) is 0 Å². The molecule has 0 aliphatic carbocycles. The van der Waals surface area contributed by atoms with E-state index in [-0.39, 0.29) is 23.1 Å². The summed E-state index contributed by atoms with van der Waals surface area (Å²) >= 11 is 0. The minimum atomic E-state index is -5.71. The predicted molar refractivity (Wildman–Crippen MR) is 96.8 cm³/mol. The summed E-state index contributed by atoms with van der Waals surface area (Å²) in [7, 11) is -11.4. The molecule has 0 aliphatic heterocycles. The predicted octanol–water partition coefficient (Wildman–Crippen LogP) is -0.259. The summed E-state index contributed by atoms with van der Waals surface area (Å²) in [6.07, 6.45) is 0. The summed E-state index contributed by atoms with van der Waals surface area (Å²) in [6.45, 7) is 0. The number of halogens is 10. The van der Waals surface area contributed by atoms with E-state index in [4.69, 9.17) is 9.11 Å². The van der Waals surface area contributed by atoms with Gasteiger partial charge >= 0.3 is 23.1 Å². The van der Waals surface area contributed by atoms with Gasteiger partial charge in [-0.05, 0) is 0 Å². The van der Waals surface area contributed by atoms with E-state index in [9.17, 15) is 80.5 Å². The van der Waals surface area contributed by atoms with Crippen LogP contribution in [0, 0.1) is 58.2 Å². The number of carbonyl (C=O) groups is 2. The zero-order valence-corrected chi connectivity index (χ0v) is 20.7. The fourth-order valence-electron chi connectivity index (χ4n) is 2.48. The van der Waals surface area contributed by atoms with Gasteiger partial charge in [-0.15, -0.1) is 0 Å². The van der Waals surface area contributed by atoms with Crippen LogP contribution in [0.25, 0.3) is 0 Å².